The SMILES string of the molecule is O=C(O)C[C@H](NC(=O)CN1C(=O)C(NC(=O)CCc2ccccc2)CN(/C(=C\O)CCc2ccccc2)c2ccccc21)C(=O)c1ncc(-c2c(Cl)cccc2Cl)o1. The predicted octanol–water partition coefficient (Wildman–Crippen LogP) is 6.79. The van der Waals surface area contributed by atoms with Crippen LogP contribution < -0.4 is 20.4 Å². The number of fused-ring (bicyclic) bond motifs is 1. The summed E-state index contributed by atoms with van der Waals surface area (Å²) in [6, 6.07) is 27.7. The summed E-state index contributed by atoms with van der Waals surface area (Å²) < 4.78 is 5.65. The van der Waals surface area contributed by atoms with E-state index in [0.29, 0.717) is 30.6 Å². The molecule has 2 atom stereocenters. The van der Waals surface area contributed by atoms with Crippen molar-refractivity contribution in [2.24, 2.45) is 0 Å². The van der Waals surface area contributed by atoms with Crippen molar-refractivity contribution >= 4 is 64.1 Å². The number of nitrogens with zero attached hydrogens (tertiary/aromatic N) is 3. The minimum absolute atomic E-state index is 0.0487. The van der Waals surface area contributed by atoms with E-state index in [9.17, 15) is 34.2 Å². The van der Waals surface area contributed by atoms with Gasteiger partial charge < -0.3 is 30.2 Å². The predicted molar refractivity (Wildman–Crippen MR) is 219 cm³/mol. The van der Waals surface area contributed by atoms with Gasteiger partial charge in [0.25, 0.3) is 11.8 Å². The molecule has 0 spiro atoms. The van der Waals surface area contributed by atoms with Gasteiger partial charge in [-0.05, 0) is 54.7 Å². The van der Waals surface area contributed by atoms with Crippen LogP contribution in [-0.4, -0.2) is 69.8 Å². The number of aromatic nitrogens is 1. The Hall–Kier alpha value is -6.44. The zero-order valence-electron chi connectivity index (χ0n) is 31.0. The number of carbonyl (C=O) groups excluding carboxylic acids is 4. The van der Waals surface area contributed by atoms with Gasteiger partial charge in [0.15, 0.2) is 5.76 Å². The van der Waals surface area contributed by atoms with Crippen LogP contribution in [0.4, 0.5) is 11.4 Å². The molecule has 5 aromatic rings. The topological polar surface area (TPSA) is 182 Å². The Morgan fingerprint density at radius 1 is 0.828 bits per heavy atom. The Morgan fingerprint density at radius 3 is 2.05 bits per heavy atom. The van der Waals surface area contributed by atoms with Crippen molar-refractivity contribution in [3.05, 3.63) is 148 Å². The number of oxazole rings is 1. The van der Waals surface area contributed by atoms with E-state index in [0.717, 1.165) is 17.4 Å². The van der Waals surface area contributed by atoms with Gasteiger partial charge in [-0.15, -0.1) is 0 Å². The fourth-order valence-electron chi connectivity index (χ4n) is 6.64. The van der Waals surface area contributed by atoms with Crippen LogP contribution in [0.15, 0.2) is 126 Å². The monoisotopic (exact) mass is 823 g/mol. The lowest BCUT2D eigenvalue weighted by molar-refractivity contribution is -0.137. The average Bonchev–Trinajstić information content (AvgIpc) is 3.67. The summed E-state index contributed by atoms with van der Waals surface area (Å²) in [7, 11) is 0. The molecule has 1 aliphatic rings. The van der Waals surface area contributed by atoms with Crippen LogP contribution in [-0.2, 0) is 32.0 Å². The molecule has 0 aliphatic carbocycles. The molecule has 0 saturated carbocycles. The quantitative estimate of drug-likeness (QED) is 0.0611. The normalized spacial score (nSPS) is 14.6. The minimum Gasteiger partial charge on any atom is -0.514 e. The zero-order valence-corrected chi connectivity index (χ0v) is 32.5. The fourth-order valence-corrected chi connectivity index (χ4v) is 7.22. The van der Waals surface area contributed by atoms with E-state index in [2.05, 4.69) is 15.6 Å². The van der Waals surface area contributed by atoms with Gasteiger partial charge in [-0.25, -0.2) is 4.98 Å². The van der Waals surface area contributed by atoms with Crippen molar-refractivity contribution in [3.63, 3.8) is 0 Å². The molecule has 0 saturated heterocycles. The zero-order chi connectivity index (χ0) is 41.2. The number of para-hydroxylation sites is 2. The van der Waals surface area contributed by atoms with E-state index < -0.39 is 60.4 Å². The fraction of sp³-hybridized carbons (Fsp3) is 0.209. The highest BCUT2D eigenvalue weighted by Crippen LogP contribution is 2.37. The number of carbonyl (C=O) groups is 5. The van der Waals surface area contributed by atoms with Crippen LogP contribution in [0.2, 0.25) is 10.0 Å². The molecule has 0 radical (unpaired) electrons. The molecular weight excluding hydrogens is 785 g/mol. The van der Waals surface area contributed by atoms with E-state index >= 15 is 0 Å². The second-order valence-corrected chi connectivity index (χ2v) is 14.3. The van der Waals surface area contributed by atoms with Gasteiger partial charge in [-0.3, -0.25) is 28.9 Å². The molecule has 0 bridgehead atoms. The molecule has 1 aromatic heterocycles. The molecule has 13 nitrogen and oxygen atoms in total. The van der Waals surface area contributed by atoms with Crippen molar-refractivity contribution in [2.45, 2.75) is 44.2 Å². The molecule has 3 amide bonds. The molecule has 6 rings (SSSR count). The molecule has 4 N–H and O–H groups in total. The van der Waals surface area contributed by atoms with E-state index in [1.54, 1.807) is 47.4 Å². The maximum atomic E-state index is 14.5. The number of hydrogen-bond donors (Lipinski definition) is 4. The Balaban J connectivity index is 1.27. The average molecular weight is 825 g/mol. The van der Waals surface area contributed by atoms with Crippen LogP contribution in [0.3, 0.4) is 0 Å². The lowest BCUT2D eigenvalue weighted by Crippen LogP contribution is -2.54. The van der Waals surface area contributed by atoms with Crippen molar-refractivity contribution < 1.29 is 38.6 Å². The van der Waals surface area contributed by atoms with E-state index in [1.807, 2.05) is 60.7 Å². The Kier molecular flexibility index (Phi) is 13.6. The Labute approximate surface area is 343 Å². The molecule has 298 valence electrons. The van der Waals surface area contributed by atoms with Gasteiger partial charge >= 0.3 is 5.97 Å². The van der Waals surface area contributed by atoms with Crippen molar-refractivity contribution in [1.29, 1.82) is 0 Å². The summed E-state index contributed by atoms with van der Waals surface area (Å²) in [5.74, 6) is -4.73. The number of Topliss-reactive ketones (excluding diaryl/α,β-unsaturated/α-hetero) is 1. The number of aliphatic hydroxyl groups excluding tert-OH is 1. The highest BCUT2D eigenvalue weighted by Gasteiger charge is 2.38. The second kappa shape index (κ2) is 19.1. The number of aliphatic hydroxyl groups is 1. The van der Waals surface area contributed by atoms with Crippen LogP contribution in [0.1, 0.15) is 41.1 Å². The number of halogens is 2. The molecule has 1 aliphatic heterocycles. The van der Waals surface area contributed by atoms with Crippen molar-refractivity contribution in [2.75, 3.05) is 22.9 Å². The van der Waals surface area contributed by atoms with Crippen molar-refractivity contribution in [3.8, 4) is 11.3 Å². The number of nitrogens with one attached hydrogen (secondary N) is 2. The number of carboxylic acid groups (broad SMARTS) is 1. The number of allylic oxidation sites excluding steroid dienone is 1. The first-order valence-electron chi connectivity index (χ1n) is 18.4. The Morgan fingerprint density at radius 2 is 1.43 bits per heavy atom. The van der Waals surface area contributed by atoms with Crippen molar-refractivity contribution in [1.82, 2.24) is 15.6 Å². The molecule has 0 fully saturated rings. The molecule has 2 heterocycles. The molecular formula is C43H39Cl2N5O8. The number of hydrogen-bond acceptors (Lipinski definition) is 9. The van der Waals surface area contributed by atoms with E-state index in [-0.39, 0.29) is 40.0 Å². The lowest BCUT2D eigenvalue weighted by atomic mass is 10.1. The number of carboxylic acids is 1. The summed E-state index contributed by atoms with van der Waals surface area (Å²) in [5, 5.41) is 26.0. The highest BCUT2D eigenvalue weighted by molar-refractivity contribution is 6.39. The number of aliphatic carboxylic acids is 1. The third-order valence-corrected chi connectivity index (χ3v) is 10.1. The summed E-state index contributed by atoms with van der Waals surface area (Å²) in [6.07, 6.45) is 2.75. The first-order valence-corrected chi connectivity index (χ1v) is 19.1. The first kappa shape index (κ1) is 41.2. The maximum Gasteiger partial charge on any atom is 0.305 e. The van der Waals surface area contributed by atoms with E-state index in [1.165, 1.54) is 11.1 Å². The number of amides is 3. The summed E-state index contributed by atoms with van der Waals surface area (Å²) in [6.45, 7) is -0.758. The van der Waals surface area contributed by atoms with Gasteiger partial charge in [0.1, 0.15) is 18.6 Å². The highest BCUT2D eigenvalue weighted by atomic mass is 35.5. The number of aryl methyl sites for hydroxylation is 2. The third-order valence-electron chi connectivity index (χ3n) is 9.48. The number of benzene rings is 4. The number of ketones is 1. The summed E-state index contributed by atoms with van der Waals surface area (Å²) >= 11 is 12.6. The van der Waals surface area contributed by atoms with E-state index in [4.69, 9.17) is 27.6 Å². The second-order valence-electron chi connectivity index (χ2n) is 13.4. The lowest BCUT2D eigenvalue weighted by Gasteiger charge is -2.29. The van der Waals surface area contributed by atoms with Gasteiger partial charge in [-0.2, -0.15) is 0 Å². The number of rotatable bonds is 16. The smallest absolute Gasteiger partial charge is 0.305 e. The van der Waals surface area contributed by atoms with Crippen LogP contribution in [0, 0.1) is 0 Å². The van der Waals surface area contributed by atoms with Crippen LogP contribution in [0.25, 0.3) is 11.3 Å². The first-order chi connectivity index (χ1) is 28.0. The molecule has 15 heteroatoms. The van der Waals surface area contributed by atoms with Gasteiger partial charge in [0.2, 0.25) is 17.6 Å². The largest absolute Gasteiger partial charge is 0.514 e. The maximum absolute atomic E-state index is 14.5. The molecule has 58 heavy (non-hydrogen) atoms. The summed E-state index contributed by atoms with van der Waals surface area (Å²) in [4.78, 5) is 74.3. The Bertz CT molecular complexity index is 2300. The summed E-state index contributed by atoms with van der Waals surface area (Å²) in [5.41, 5.74) is 3.41. The third kappa shape index (κ3) is 10.1. The molecule has 4 aromatic carbocycles. The van der Waals surface area contributed by atoms with Crippen LogP contribution >= 0.6 is 23.2 Å². The minimum atomic E-state index is -1.65. The number of anilines is 2. The van der Waals surface area contributed by atoms with Crippen LogP contribution in [0.5, 0.6) is 0 Å². The van der Waals surface area contributed by atoms with Gasteiger partial charge in [-0.1, -0.05) is 102 Å². The van der Waals surface area contributed by atoms with Gasteiger partial charge in [0.05, 0.1) is 58.1 Å². The van der Waals surface area contributed by atoms with Gasteiger partial charge in [0, 0.05) is 6.42 Å². The standard InChI is InChI=1S/C43H39Cl2N5O8/c44-30-14-9-15-31(45)40(30)36-23-46-42(58-36)41(56)32(22-39(54)55)47-38(53)25-50-35-17-8-7-16-34(35)49(29(26-51)20-18-27-10-3-1-4-11-27)24-33(43(50)57)48-37(52)21-19-28-12-5-2-6-13-28/h1-17,23,26,32-33,51H,18-22,24-25H2,(H,47,53)(H,48,52)(H,54,55)/b29-26-/t32-,33?/m0/s1. The molecule has 1 unspecified atom stereocenters.